The number of nitrogens with zero attached hydrogens (tertiary/aromatic N) is 4. The molecular formula is C14H15N7OS. The van der Waals surface area contributed by atoms with Crippen LogP contribution in [0.5, 0.6) is 0 Å². The minimum absolute atomic E-state index is 0.207. The Balaban J connectivity index is 2.29. The van der Waals surface area contributed by atoms with Gasteiger partial charge in [0.2, 0.25) is 0 Å². The molecule has 0 atom stereocenters. The van der Waals surface area contributed by atoms with Gasteiger partial charge in [0.25, 0.3) is 5.91 Å². The Morgan fingerprint density at radius 2 is 2.35 bits per heavy atom. The summed E-state index contributed by atoms with van der Waals surface area (Å²) in [4.78, 5) is 19.8. The summed E-state index contributed by atoms with van der Waals surface area (Å²) < 4.78 is 0. The van der Waals surface area contributed by atoms with Crippen molar-refractivity contribution in [3.8, 4) is 0 Å². The summed E-state index contributed by atoms with van der Waals surface area (Å²) in [6, 6.07) is 7.13. The summed E-state index contributed by atoms with van der Waals surface area (Å²) in [6.45, 7) is 0.229. The van der Waals surface area contributed by atoms with E-state index in [1.807, 2.05) is 6.26 Å². The number of rotatable bonds is 7. The smallest absolute Gasteiger partial charge is 0.254 e. The van der Waals surface area contributed by atoms with Crippen molar-refractivity contribution in [3.63, 3.8) is 0 Å². The van der Waals surface area contributed by atoms with Crippen LogP contribution in [-0.4, -0.2) is 34.9 Å². The number of nitrogens with one attached hydrogen (secondary N) is 2. The maximum Gasteiger partial charge on any atom is 0.254 e. The van der Waals surface area contributed by atoms with Crippen LogP contribution < -0.4 is 11.1 Å². The molecule has 0 bridgehead atoms. The summed E-state index contributed by atoms with van der Waals surface area (Å²) in [6.07, 6.45) is 4.40. The predicted molar refractivity (Wildman–Crippen MR) is 90.2 cm³/mol. The molecule has 0 fully saturated rings. The van der Waals surface area contributed by atoms with Gasteiger partial charge >= 0.3 is 0 Å². The molecule has 1 amide bonds. The number of benzene rings is 1. The highest BCUT2D eigenvalue weighted by atomic mass is 32.2. The largest absolute Gasteiger partial charge is 0.365 e. The van der Waals surface area contributed by atoms with Crippen LogP contribution in [0.25, 0.3) is 0 Å². The standard InChI is InChI=1S/C14H15N7OS/c1-23-14-17-8-11(12(16)22)13(20-14)19-9-3-2-4-10(7-9)21-18-6-5-15/h2-5,7-8,15H,6H2,1H3,(H2,16,22)(H,17,19,20). The minimum atomic E-state index is -0.609. The fourth-order valence-electron chi connectivity index (χ4n) is 1.69. The number of carbonyl (C=O) groups excluding carboxylic acids is 1. The number of amides is 1. The van der Waals surface area contributed by atoms with Gasteiger partial charge in [0.1, 0.15) is 11.4 Å². The first-order chi connectivity index (χ1) is 11.1. The Hall–Kier alpha value is -2.81. The van der Waals surface area contributed by atoms with E-state index in [0.29, 0.717) is 22.3 Å². The van der Waals surface area contributed by atoms with Gasteiger partial charge in [0.05, 0.1) is 12.2 Å². The van der Waals surface area contributed by atoms with Crippen LogP contribution in [0.1, 0.15) is 10.4 Å². The lowest BCUT2D eigenvalue weighted by atomic mass is 10.2. The number of carbonyl (C=O) groups is 1. The lowest BCUT2D eigenvalue weighted by Gasteiger charge is -2.10. The minimum Gasteiger partial charge on any atom is -0.365 e. The van der Waals surface area contributed by atoms with E-state index >= 15 is 0 Å². The zero-order valence-corrected chi connectivity index (χ0v) is 13.2. The first-order valence-electron chi connectivity index (χ1n) is 6.58. The normalized spacial score (nSPS) is 10.7. The van der Waals surface area contributed by atoms with E-state index in [0.717, 1.165) is 6.21 Å². The fraction of sp³-hybridized carbons (Fsp3) is 0.143. The van der Waals surface area contributed by atoms with E-state index < -0.39 is 5.91 Å². The Morgan fingerprint density at radius 1 is 1.52 bits per heavy atom. The molecule has 0 aliphatic carbocycles. The second kappa shape index (κ2) is 7.99. The molecule has 0 saturated heterocycles. The van der Waals surface area contributed by atoms with E-state index in [4.69, 9.17) is 11.1 Å². The molecule has 0 aliphatic rings. The Bertz CT molecular complexity index is 748. The highest BCUT2D eigenvalue weighted by Gasteiger charge is 2.12. The van der Waals surface area contributed by atoms with Crippen LogP contribution in [0.15, 0.2) is 45.8 Å². The maximum atomic E-state index is 11.5. The van der Waals surface area contributed by atoms with Crippen LogP contribution in [0.2, 0.25) is 0 Å². The van der Waals surface area contributed by atoms with Gasteiger partial charge in [-0.1, -0.05) is 17.8 Å². The monoisotopic (exact) mass is 329 g/mol. The van der Waals surface area contributed by atoms with Gasteiger partial charge in [-0.05, 0) is 24.5 Å². The van der Waals surface area contributed by atoms with E-state index in [-0.39, 0.29) is 12.1 Å². The average Bonchev–Trinajstić information content (AvgIpc) is 2.55. The van der Waals surface area contributed by atoms with Crippen molar-refractivity contribution in [1.82, 2.24) is 9.97 Å². The van der Waals surface area contributed by atoms with E-state index in [2.05, 4.69) is 25.5 Å². The topological polar surface area (TPSA) is 129 Å². The van der Waals surface area contributed by atoms with E-state index in [9.17, 15) is 4.79 Å². The third kappa shape index (κ3) is 4.58. The van der Waals surface area contributed by atoms with Gasteiger partial charge in [-0.15, -0.1) is 0 Å². The zero-order valence-electron chi connectivity index (χ0n) is 12.4. The zero-order chi connectivity index (χ0) is 16.7. The molecule has 0 spiro atoms. The van der Waals surface area contributed by atoms with Crippen molar-refractivity contribution in [2.24, 2.45) is 16.0 Å². The Labute approximate surface area is 137 Å². The van der Waals surface area contributed by atoms with Crippen LogP contribution in [-0.2, 0) is 0 Å². The summed E-state index contributed by atoms with van der Waals surface area (Å²) >= 11 is 1.36. The van der Waals surface area contributed by atoms with Crippen LogP contribution in [0.4, 0.5) is 17.2 Å². The molecule has 8 nitrogen and oxygen atoms in total. The number of primary amides is 1. The van der Waals surface area contributed by atoms with E-state index in [1.165, 1.54) is 18.0 Å². The molecule has 0 saturated carbocycles. The summed E-state index contributed by atoms with van der Waals surface area (Å²) in [5.41, 5.74) is 6.86. The Morgan fingerprint density at radius 3 is 3.04 bits per heavy atom. The molecule has 0 aliphatic heterocycles. The van der Waals surface area contributed by atoms with Gasteiger partial charge in [-0.2, -0.15) is 10.2 Å². The highest BCUT2D eigenvalue weighted by molar-refractivity contribution is 7.98. The van der Waals surface area contributed by atoms with Crippen molar-refractivity contribution < 1.29 is 4.79 Å². The van der Waals surface area contributed by atoms with Crippen LogP contribution >= 0.6 is 11.8 Å². The first-order valence-corrected chi connectivity index (χ1v) is 7.81. The summed E-state index contributed by atoms with van der Waals surface area (Å²) in [7, 11) is 0. The third-order valence-corrected chi connectivity index (χ3v) is 3.24. The highest BCUT2D eigenvalue weighted by Crippen LogP contribution is 2.24. The molecule has 1 heterocycles. The van der Waals surface area contributed by atoms with Crippen LogP contribution in [0.3, 0.4) is 0 Å². The molecule has 1 aromatic carbocycles. The fourth-order valence-corrected chi connectivity index (χ4v) is 2.03. The van der Waals surface area contributed by atoms with Crippen molar-refractivity contribution in [2.45, 2.75) is 5.16 Å². The molecule has 23 heavy (non-hydrogen) atoms. The maximum absolute atomic E-state index is 11.5. The average molecular weight is 329 g/mol. The Kier molecular flexibility index (Phi) is 5.75. The summed E-state index contributed by atoms with van der Waals surface area (Å²) in [5.74, 6) is -0.271. The molecule has 0 unspecified atom stereocenters. The van der Waals surface area contributed by atoms with Crippen molar-refractivity contribution in [3.05, 3.63) is 36.0 Å². The van der Waals surface area contributed by atoms with Crippen LogP contribution in [0, 0.1) is 5.41 Å². The lowest BCUT2D eigenvalue weighted by molar-refractivity contribution is 0.100. The number of aromatic nitrogens is 2. The number of anilines is 2. The lowest BCUT2D eigenvalue weighted by Crippen LogP contribution is -2.15. The number of azo groups is 1. The molecule has 4 N–H and O–H groups in total. The van der Waals surface area contributed by atoms with Crippen molar-refractivity contribution >= 4 is 41.1 Å². The SMILES string of the molecule is CSc1ncc(C(N)=O)c(Nc2cccc(N=NCC=N)c2)n1. The molecule has 1 aromatic heterocycles. The number of nitrogens with two attached hydrogens (primary N) is 1. The molecule has 2 rings (SSSR count). The van der Waals surface area contributed by atoms with Crippen molar-refractivity contribution in [2.75, 3.05) is 18.1 Å². The number of thioether (sulfide) groups is 1. The number of hydrogen-bond acceptors (Lipinski definition) is 8. The molecular weight excluding hydrogens is 314 g/mol. The third-order valence-electron chi connectivity index (χ3n) is 2.68. The van der Waals surface area contributed by atoms with Gasteiger partial charge in [0.15, 0.2) is 5.16 Å². The van der Waals surface area contributed by atoms with E-state index in [1.54, 1.807) is 24.3 Å². The predicted octanol–water partition coefficient (Wildman–Crippen LogP) is 2.77. The van der Waals surface area contributed by atoms with Gasteiger partial charge < -0.3 is 16.5 Å². The second-order valence-electron chi connectivity index (χ2n) is 4.29. The number of hydrogen-bond donors (Lipinski definition) is 3. The van der Waals surface area contributed by atoms with Gasteiger partial charge in [-0.3, -0.25) is 4.79 Å². The molecule has 9 heteroatoms. The first kappa shape index (κ1) is 16.6. The molecule has 0 radical (unpaired) electrons. The quantitative estimate of drug-likeness (QED) is 0.311. The van der Waals surface area contributed by atoms with Crippen molar-refractivity contribution in [1.29, 1.82) is 5.41 Å². The second-order valence-corrected chi connectivity index (χ2v) is 5.06. The summed E-state index contributed by atoms with van der Waals surface area (Å²) in [5, 5.41) is 18.3. The molecule has 118 valence electrons. The van der Waals surface area contributed by atoms with Gasteiger partial charge in [-0.25, -0.2) is 9.97 Å². The molecule has 2 aromatic rings. The van der Waals surface area contributed by atoms with Gasteiger partial charge in [0, 0.05) is 18.1 Å².